The second-order valence-corrected chi connectivity index (χ2v) is 10.7. The van der Waals surface area contributed by atoms with Gasteiger partial charge < -0.3 is 14.8 Å². The fourth-order valence-electron chi connectivity index (χ4n) is 3.54. The highest BCUT2D eigenvalue weighted by atomic mass is 127. The Morgan fingerprint density at radius 3 is 2.62 bits per heavy atom. The number of nitrogens with zero attached hydrogens (tertiary/aromatic N) is 1. The molecule has 1 N–H and O–H groups in total. The molecule has 0 unspecified atom stereocenters. The van der Waals surface area contributed by atoms with Crippen LogP contribution in [0.3, 0.4) is 0 Å². The first-order chi connectivity index (χ1) is 17.7. The molecule has 7 nitrogen and oxygen atoms in total. The summed E-state index contributed by atoms with van der Waals surface area (Å²) in [5.41, 5.74) is 3.02. The molecule has 0 aliphatic carbocycles. The Labute approximate surface area is 237 Å². The minimum Gasteiger partial charge on any atom is -0.493 e. The van der Waals surface area contributed by atoms with Crippen LogP contribution in [0.25, 0.3) is 6.08 Å². The number of ether oxygens (including phenoxy) is 2. The highest BCUT2D eigenvalue weighted by molar-refractivity contribution is 14.1. The second-order valence-electron chi connectivity index (χ2n) is 8.08. The van der Waals surface area contributed by atoms with Gasteiger partial charge in [-0.1, -0.05) is 48.0 Å². The van der Waals surface area contributed by atoms with Crippen LogP contribution in [0.5, 0.6) is 11.5 Å². The maximum absolute atomic E-state index is 13.0. The Morgan fingerprint density at radius 1 is 1.14 bits per heavy atom. The molecule has 3 aromatic rings. The Kier molecular flexibility index (Phi) is 8.78. The molecule has 1 aliphatic rings. The minimum absolute atomic E-state index is 0.215. The maximum Gasteiger partial charge on any atom is 0.294 e. The Balaban J connectivity index is 1.47. The molecule has 4 rings (SSSR count). The van der Waals surface area contributed by atoms with Gasteiger partial charge in [-0.3, -0.25) is 19.3 Å². The molecule has 0 bridgehead atoms. The largest absolute Gasteiger partial charge is 0.493 e. The number of amides is 3. The third kappa shape index (κ3) is 6.65. The molecule has 0 saturated carbocycles. The lowest BCUT2D eigenvalue weighted by Crippen LogP contribution is -2.36. The van der Waals surface area contributed by atoms with E-state index in [-0.39, 0.29) is 4.91 Å². The van der Waals surface area contributed by atoms with Gasteiger partial charge in [0.25, 0.3) is 11.1 Å². The van der Waals surface area contributed by atoms with E-state index >= 15 is 0 Å². The van der Waals surface area contributed by atoms with Gasteiger partial charge in [0.2, 0.25) is 5.91 Å². The van der Waals surface area contributed by atoms with E-state index in [9.17, 15) is 14.4 Å². The summed E-state index contributed by atoms with van der Waals surface area (Å²) in [5, 5.41) is 2.66. The van der Waals surface area contributed by atoms with Crippen LogP contribution in [-0.2, 0) is 16.2 Å². The number of thioether (sulfide) groups is 1. The summed E-state index contributed by atoms with van der Waals surface area (Å²) in [5.74, 6) is 0.0613. The summed E-state index contributed by atoms with van der Waals surface area (Å²) in [6, 6.07) is 18.5. The third-order valence-corrected chi connectivity index (χ3v) is 7.37. The predicted octanol–water partition coefficient (Wildman–Crippen LogP) is 6.52. The van der Waals surface area contributed by atoms with Crippen LogP contribution in [0, 0.1) is 10.5 Å². The van der Waals surface area contributed by atoms with Crippen molar-refractivity contribution in [2.24, 2.45) is 0 Å². The van der Waals surface area contributed by atoms with Crippen molar-refractivity contribution in [3.63, 3.8) is 0 Å². The number of anilines is 1. The summed E-state index contributed by atoms with van der Waals surface area (Å²) < 4.78 is 12.3. The number of rotatable bonds is 8. The second kappa shape index (κ2) is 12.0. The van der Waals surface area contributed by atoms with Gasteiger partial charge in [-0.2, -0.15) is 0 Å². The molecule has 10 heteroatoms. The van der Waals surface area contributed by atoms with Crippen molar-refractivity contribution < 1.29 is 23.9 Å². The number of carbonyl (C=O) groups is 3. The lowest BCUT2D eigenvalue weighted by atomic mass is 10.1. The summed E-state index contributed by atoms with van der Waals surface area (Å²) in [6.45, 7) is 1.80. The van der Waals surface area contributed by atoms with Crippen molar-refractivity contribution in [2.45, 2.75) is 13.5 Å². The zero-order valence-electron chi connectivity index (χ0n) is 19.9. The summed E-state index contributed by atoms with van der Waals surface area (Å²) in [4.78, 5) is 39.2. The number of imide groups is 1. The minimum atomic E-state index is -0.536. The van der Waals surface area contributed by atoms with Gasteiger partial charge in [0, 0.05) is 10.7 Å². The Morgan fingerprint density at radius 2 is 1.89 bits per heavy atom. The third-order valence-electron chi connectivity index (χ3n) is 5.42. The zero-order chi connectivity index (χ0) is 26.5. The average Bonchev–Trinajstić information content (AvgIpc) is 3.13. The number of hydrogen-bond donors (Lipinski definition) is 1. The van der Waals surface area contributed by atoms with Crippen LogP contribution >= 0.6 is 46.0 Å². The molecule has 0 atom stereocenters. The molecule has 1 aliphatic heterocycles. The van der Waals surface area contributed by atoms with Gasteiger partial charge in [0.15, 0.2) is 11.5 Å². The van der Waals surface area contributed by atoms with Crippen LogP contribution in [0.4, 0.5) is 10.5 Å². The topological polar surface area (TPSA) is 84.9 Å². The smallest absolute Gasteiger partial charge is 0.294 e. The van der Waals surface area contributed by atoms with E-state index in [0.717, 1.165) is 31.4 Å². The van der Waals surface area contributed by atoms with Crippen LogP contribution < -0.4 is 14.8 Å². The molecule has 0 aromatic heterocycles. The molecule has 0 spiro atoms. The quantitative estimate of drug-likeness (QED) is 0.221. The molecule has 1 saturated heterocycles. The lowest BCUT2D eigenvalue weighted by Gasteiger charge is -2.14. The van der Waals surface area contributed by atoms with Gasteiger partial charge in [0.1, 0.15) is 13.2 Å². The van der Waals surface area contributed by atoms with Crippen LogP contribution in [0.15, 0.2) is 65.6 Å². The van der Waals surface area contributed by atoms with Crippen LogP contribution in [0.2, 0.25) is 5.02 Å². The normalized spacial score (nSPS) is 14.3. The number of halogens is 2. The maximum atomic E-state index is 13.0. The molecule has 3 aromatic carbocycles. The Hall–Kier alpha value is -3.02. The molecule has 37 heavy (non-hydrogen) atoms. The van der Waals surface area contributed by atoms with Crippen molar-refractivity contribution in [3.05, 3.63) is 90.9 Å². The van der Waals surface area contributed by atoms with Crippen LogP contribution in [0.1, 0.15) is 16.7 Å². The summed E-state index contributed by atoms with van der Waals surface area (Å²) in [6.07, 6.45) is 1.61. The summed E-state index contributed by atoms with van der Waals surface area (Å²) in [7, 11) is 1.54. The van der Waals surface area contributed by atoms with E-state index in [0.29, 0.717) is 34.4 Å². The van der Waals surface area contributed by atoms with Gasteiger partial charge >= 0.3 is 0 Å². The number of aryl methyl sites for hydroxylation is 1. The highest BCUT2D eigenvalue weighted by Crippen LogP contribution is 2.37. The number of carbonyl (C=O) groups excluding carboxylic acids is 3. The number of hydrogen-bond acceptors (Lipinski definition) is 6. The highest BCUT2D eigenvalue weighted by Gasteiger charge is 2.36. The van der Waals surface area contributed by atoms with Gasteiger partial charge in [-0.05, 0) is 88.3 Å². The molecular weight excluding hydrogens is 627 g/mol. The van der Waals surface area contributed by atoms with Crippen molar-refractivity contribution in [3.8, 4) is 11.5 Å². The fraction of sp³-hybridized carbons (Fsp3) is 0.148. The predicted molar refractivity (Wildman–Crippen MR) is 154 cm³/mol. The number of nitrogens with one attached hydrogen (secondary N) is 1. The summed E-state index contributed by atoms with van der Waals surface area (Å²) >= 11 is 8.93. The first-order valence-electron chi connectivity index (χ1n) is 11.1. The standard InChI is InChI=1S/C27H22ClIN2O5S/c1-16-8-9-19(28)13-21(16)30-24(32)14-31-26(33)23(37-27(31)34)12-18-10-20(29)25(22(11-18)35-2)36-15-17-6-4-3-5-7-17/h3-13H,14-15H2,1-2H3,(H,30,32)/b23-12+. The fourth-order valence-corrected chi connectivity index (χ4v) is 5.33. The molecule has 0 radical (unpaired) electrons. The van der Waals surface area contributed by atoms with E-state index in [2.05, 4.69) is 27.9 Å². The van der Waals surface area contributed by atoms with Crippen molar-refractivity contribution >= 4 is 74.8 Å². The van der Waals surface area contributed by atoms with Gasteiger partial charge in [0.05, 0.1) is 15.6 Å². The van der Waals surface area contributed by atoms with Crippen LogP contribution in [-0.4, -0.2) is 35.6 Å². The molecular formula is C27H22ClIN2O5S. The first-order valence-corrected chi connectivity index (χ1v) is 13.4. The molecule has 1 fully saturated rings. The number of methoxy groups -OCH3 is 1. The molecule has 1 heterocycles. The van der Waals surface area contributed by atoms with Gasteiger partial charge in [-0.15, -0.1) is 0 Å². The van der Waals surface area contributed by atoms with E-state index in [1.54, 1.807) is 37.5 Å². The first kappa shape index (κ1) is 27.0. The van der Waals surface area contributed by atoms with E-state index < -0.39 is 23.6 Å². The molecule has 190 valence electrons. The van der Waals surface area contributed by atoms with Gasteiger partial charge in [-0.25, -0.2) is 0 Å². The Bertz CT molecular complexity index is 1400. The van der Waals surface area contributed by atoms with Crippen molar-refractivity contribution in [2.75, 3.05) is 19.0 Å². The van der Waals surface area contributed by atoms with Crippen molar-refractivity contribution in [1.82, 2.24) is 4.90 Å². The van der Waals surface area contributed by atoms with Crippen molar-refractivity contribution in [1.29, 1.82) is 0 Å². The molecule has 3 amide bonds. The lowest BCUT2D eigenvalue weighted by molar-refractivity contribution is -0.127. The monoisotopic (exact) mass is 648 g/mol. The average molecular weight is 649 g/mol. The van der Waals surface area contributed by atoms with E-state index in [1.807, 2.05) is 43.3 Å². The number of benzene rings is 3. The van der Waals surface area contributed by atoms with E-state index in [4.69, 9.17) is 21.1 Å². The SMILES string of the molecule is COc1cc(/C=C2/SC(=O)N(CC(=O)Nc3cc(Cl)ccc3C)C2=O)cc(I)c1OCc1ccccc1. The van der Waals surface area contributed by atoms with E-state index in [1.165, 1.54) is 0 Å². The zero-order valence-corrected chi connectivity index (χ0v) is 23.6.